The first-order valence-electron chi connectivity index (χ1n) is 5.12. The third-order valence-electron chi connectivity index (χ3n) is 2.32. The number of hydrogen-bond donors (Lipinski definition) is 0. The molecule has 0 aliphatic carbocycles. The SMILES string of the molecule is COc1ccc(/C(C)=C/C(C)=C/C=O)cc1. The van der Waals surface area contributed by atoms with E-state index in [2.05, 4.69) is 0 Å². The number of hydrogen-bond acceptors (Lipinski definition) is 2. The smallest absolute Gasteiger partial charge is 0.143 e. The first-order chi connectivity index (χ1) is 7.67. The molecular formula is C14H16O2. The van der Waals surface area contributed by atoms with Crippen LogP contribution in [0.5, 0.6) is 5.75 Å². The van der Waals surface area contributed by atoms with E-state index < -0.39 is 0 Å². The lowest BCUT2D eigenvalue weighted by molar-refractivity contribution is -0.104. The lowest BCUT2D eigenvalue weighted by Crippen LogP contribution is -1.84. The van der Waals surface area contributed by atoms with Gasteiger partial charge in [0.25, 0.3) is 0 Å². The highest BCUT2D eigenvalue weighted by Crippen LogP contribution is 2.19. The molecule has 0 saturated heterocycles. The van der Waals surface area contributed by atoms with Crippen LogP contribution >= 0.6 is 0 Å². The molecule has 0 aliphatic heterocycles. The van der Waals surface area contributed by atoms with Gasteiger partial charge in [0.15, 0.2) is 0 Å². The van der Waals surface area contributed by atoms with Crippen LogP contribution < -0.4 is 4.74 Å². The molecular weight excluding hydrogens is 200 g/mol. The number of aldehydes is 1. The first-order valence-corrected chi connectivity index (χ1v) is 5.12. The highest BCUT2D eigenvalue weighted by molar-refractivity contribution is 5.71. The third-order valence-corrected chi connectivity index (χ3v) is 2.32. The second-order valence-corrected chi connectivity index (χ2v) is 3.60. The van der Waals surface area contributed by atoms with E-state index >= 15 is 0 Å². The maximum atomic E-state index is 10.3. The lowest BCUT2D eigenvalue weighted by atomic mass is 10.0. The Morgan fingerprint density at radius 2 is 1.81 bits per heavy atom. The van der Waals surface area contributed by atoms with Crippen LogP contribution in [0.2, 0.25) is 0 Å². The lowest BCUT2D eigenvalue weighted by Gasteiger charge is -2.04. The summed E-state index contributed by atoms with van der Waals surface area (Å²) in [6, 6.07) is 7.84. The molecule has 0 unspecified atom stereocenters. The molecule has 0 heterocycles. The van der Waals surface area contributed by atoms with Gasteiger partial charge in [-0.05, 0) is 48.8 Å². The Hall–Kier alpha value is -1.83. The molecule has 2 nitrogen and oxygen atoms in total. The van der Waals surface area contributed by atoms with E-state index in [9.17, 15) is 4.79 Å². The maximum Gasteiger partial charge on any atom is 0.143 e. The molecule has 1 aromatic carbocycles. The summed E-state index contributed by atoms with van der Waals surface area (Å²) >= 11 is 0. The van der Waals surface area contributed by atoms with E-state index in [-0.39, 0.29) is 0 Å². The average Bonchev–Trinajstić information content (AvgIpc) is 2.29. The molecule has 0 amide bonds. The molecule has 0 aromatic heterocycles. The minimum atomic E-state index is 0.799. The molecule has 0 radical (unpaired) electrons. The average molecular weight is 216 g/mol. The van der Waals surface area contributed by atoms with Gasteiger partial charge in [0, 0.05) is 0 Å². The van der Waals surface area contributed by atoms with E-state index in [1.807, 2.05) is 44.2 Å². The van der Waals surface area contributed by atoms with Gasteiger partial charge < -0.3 is 4.74 Å². The summed E-state index contributed by atoms with van der Waals surface area (Å²) in [5.41, 5.74) is 3.20. The summed E-state index contributed by atoms with van der Waals surface area (Å²) in [7, 11) is 1.65. The predicted molar refractivity (Wildman–Crippen MR) is 66.5 cm³/mol. The Bertz CT molecular complexity index is 411. The van der Waals surface area contributed by atoms with Gasteiger partial charge in [-0.15, -0.1) is 0 Å². The van der Waals surface area contributed by atoms with E-state index in [4.69, 9.17) is 4.74 Å². The van der Waals surface area contributed by atoms with Crippen LogP contribution in [0.4, 0.5) is 0 Å². The van der Waals surface area contributed by atoms with Gasteiger partial charge in [-0.3, -0.25) is 4.79 Å². The number of allylic oxidation sites excluding steroid dienone is 4. The van der Waals surface area contributed by atoms with Crippen LogP contribution in [-0.4, -0.2) is 13.4 Å². The van der Waals surface area contributed by atoms with Gasteiger partial charge in [-0.2, -0.15) is 0 Å². The minimum Gasteiger partial charge on any atom is -0.497 e. The normalized spacial score (nSPS) is 12.4. The van der Waals surface area contributed by atoms with Crippen LogP contribution in [0.15, 0.2) is 42.0 Å². The van der Waals surface area contributed by atoms with E-state index in [0.717, 1.165) is 28.7 Å². The number of rotatable bonds is 4. The summed E-state index contributed by atoms with van der Waals surface area (Å²) in [6.45, 7) is 3.92. The quantitative estimate of drug-likeness (QED) is 0.439. The van der Waals surface area contributed by atoms with Crippen molar-refractivity contribution in [2.24, 2.45) is 0 Å². The van der Waals surface area contributed by atoms with Crippen LogP contribution in [-0.2, 0) is 4.79 Å². The molecule has 0 bridgehead atoms. The molecule has 2 heteroatoms. The Labute approximate surface area is 96.2 Å². The summed E-state index contributed by atoms with van der Waals surface area (Å²) in [5, 5.41) is 0. The fourth-order valence-corrected chi connectivity index (χ4v) is 1.43. The van der Waals surface area contributed by atoms with Crippen molar-refractivity contribution in [2.45, 2.75) is 13.8 Å². The Morgan fingerprint density at radius 1 is 1.19 bits per heavy atom. The zero-order chi connectivity index (χ0) is 12.0. The molecule has 1 aromatic rings. The number of ether oxygens (including phenoxy) is 1. The molecule has 16 heavy (non-hydrogen) atoms. The largest absolute Gasteiger partial charge is 0.497 e. The van der Waals surface area contributed by atoms with Crippen molar-refractivity contribution in [1.82, 2.24) is 0 Å². The summed E-state index contributed by atoms with van der Waals surface area (Å²) < 4.78 is 5.09. The van der Waals surface area contributed by atoms with Gasteiger partial charge in [-0.25, -0.2) is 0 Å². The Kier molecular flexibility index (Phi) is 4.52. The monoisotopic (exact) mass is 216 g/mol. The van der Waals surface area contributed by atoms with Crippen LogP contribution in [0.25, 0.3) is 5.57 Å². The Morgan fingerprint density at radius 3 is 2.31 bits per heavy atom. The van der Waals surface area contributed by atoms with Gasteiger partial charge in [0.2, 0.25) is 0 Å². The zero-order valence-corrected chi connectivity index (χ0v) is 9.86. The number of benzene rings is 1. The van der Waals surface area contributed by atoms with E-state index in [1.54, 1.807) is 13.2 Å². The summed E-state index contributed by atoms with van der Waals surface area (Å²) in [6.07, 6.45) is 4.33. The van der Waals surface area contributed by atoms with Crippen LogP contribution in [0.1, 0.15) is 19.4 Å². The van der Waals surface area contributed by atoms with Crippen LogP contribution in [0, 0.1) is 0 Å². The van der Waals surface area contributed by atoms with Gasteiger partial charge >= 0.3 is 0 Å². The van der Waals surface area contributed by atoms with Crippen molar-refractivity contribution >= 4 is 11.9 Å². The predicted octanol–water partition coefficient (Wildman–Crippen LogP) is 3.24. The zero-order valence-electron chi connectivity index (χ0n) is 9.86. The standard InChI is InChI=1S/C14H16O2/c1-11(8-9-15)10-12(2)13-4-6-14(16-3)7-5-13/h4-10H,1-3H3/b11-8+,12-10+. The van der Waals surface area contributed by atoms with Crippen molar-refractivity contribution in [3.63, 3.8) is 0 Å². The van der Waals surface area contributed by atoms with Crippen molar-refractivity contribution in [3.8, 4) is 5.75 Å². The first kappa shape index (κ1) is 12.2. The number of carbonyl (C=O) groups is 1. The van der Waals surface area contributed by atoms with E-state index in [1.165, 1.54) is 0 Å². The van der Waals surface area contributed by atoms with Gasteiger partial charge in [0.05, 0.1) is 7.11 Å². The number of methoxy groups -OCH3 is 1. The summed E-state index contributed by atoms with van der Waals surface area (Å²) in [5.74, 6) is 0.844. The topological polar surface area (TPSA) is 26.3 Å². The Balaban J connectivity index is 2.91. The third kappa shape index (κ3) is 3.39. The highest BCUT2D eigenvalue weighted by atomic mass is 16.5. The molecule has 0 aliphatic rings. The molecule has 0 fully saturated rings. The second-order valence-electron chi connectivity index (χ2n) is 3.60. The summed E-state index contributed by atoms with van der Waals surface area (Å²) in [4.78, 5) is 10.3. The van der Waals surface area contributed by atoms with Crippen molar-refractivity contribution < 1.29 is 9.53 Å². The maximum absolute atomic E-state index is 10.3. The molecule has 0 spiro atoms. The number of carbonyl (C=O) groups excluding carboxylic acids is 1. The fourth-order valence-electron chi connectivity index (χ4n) is 1.43. The van der Waals surface area contributed by atoms with Crippen molar-refractivity contribution in [2.75, 3.05) is 7.11 Å². The fraction of sp³-hybridized carbons (Fsp3) is 0.214. The second kappa shape index (κ2) is 5.91. The minimum absolute atomic E-state index is 0.799. The molecule has 84 valence electrons. The highest BCUT2D eigenvalue weighted by Gasteiger charge is 1.96. The van der Waals surface area contributed by atoms with Crippen molar-refractivity contribution in [1.29, 1.82) is 0 Å². The molecule has 1 rings (SSSR count). The van der Waals surface area contributed by atoms with Crippen LogP contribution in [0.3, 0.4) is 0 Å². The molecule has 0 saturated carbocycles. The molecule has 0 N–H and O–H groups in total. The molecule has 0 atom stereocenters. The van der Waals surface area contributed by atoms with Gasteiger partial charge in [0.1, 0.15) is 12.0 Å². The van der Waals surface area contributed by atoms with Crippen molar-refractivity contribution in [3.05, 3.63) is 47.6 Å². The van der Waals surface area contributed by atoms with E-state index in [0.29, 0.717) is 0 Å². The van der Waals surface area contributed by atoms with Gasteiger partial charge in [-0.1, -0.05) is 18.2 Å².